The maximum absolute atomic E-state index is 11.8. The lowest BCUT2D eigenvalue weighted by molar-refractivity contribution is -0.118. The van der Waals surface area contributed by atoms with Gasteiger partial charge in [0.05, 0.1) is 0 Å². The molecule has 1 amide bonds. The van der Waals surface area contributed by atoms with Gasteiger partial charge in [0.15, 0.2) is 6.61 Å². The van der Waals surface area contributed by atoms with Crippen molar-refractivity contribution >= 4 is 27.7 Å². The van der Waals surface area contributed by atoms with Crippen LogP contribution in [0.5, 0.6) is 5.75 Å². The highest BCUT2D eigenvalue weighted by Gasteiger charge is 2.06. The lowest BCUT2D eigenvalue weighted by atomic mass is 9.99. The van der Waals surface area contributed by atoms with Crippen molar-refractivity contribution in [3.05, 3.63) is 52.6 Å². The van der Waals surface area contributed by atoms with Gasteiger partial charge >= 0.3 is 0 Å². The number of nitrogens with zero attached hydrogens (tertiary/aromatic N) is 1. The fourth-order valence-electron chi connectivity index (χ4n) is 1.91. The van der Waals surface area contributed by atoms with E-state index in [0.717, 1.165) is 10.9 Å². The van der Waals surface area contributed by atoms with Crippen molar-refractivity contribution in [2.45, 2.75) is 26.2 Å². The van der Waals surface area contributed by atoms with Gasteiger partial charge in [-0.25, -0.2) is 4.98 Å². The van der Waals surface area contributed by atoms with Crippen LogP contribution in [0.3, 0.4) is 0 Å². The molecule has 2 rings (SSSR count). The van der Waals surface area contributed by atoms with E-state index in [1.165, 1.54) is 5.56 Å². The van der Waals surface area contributed by atoms with Crippen molar-refractivity contribution in [2.75, 3.05) is 11.9 Å². The van der Waals surface area contributed by atoms with E-state index in [1.807, 2.05) is 30.3 Å². The summed E-state index contributed by atoms with van der Waals surface area (Å²) in [5.74, 6) is 1.48. The Bertz CT molecular complexity index is 612. The smallest absolute Gasteiger partial charge is 0.263 e. The van der Waals surface area contributed by atoms with Crippen LogP contribution >= 0.6 is 15.9 Å². The Morgan fingerprint density at radius 1 is 1.27 bits per heavy atom. The Labute approximate surface area is 139 Å². The number of halogens is 1. The van der Waals surface area contributed by atoms with Gasteiger partial charge in [-0.1, -0.05) is 26.0 Å². The molecule has 1 aromatic heterocycles. The molecule has 5 heteroatoms. The lowest BCUT2D eigenvalue weighted by Crippen LogP contribution is -2.20. The van der Waals surface area contributed by atoms with Crippen molar-refractivity contribution in [1.29, 1.82) is 0 Å². The molecule has 1 aromatic carbocycles. The molecule has 0 unspecified atom stereocenters. The minimum Gasteiger partial charge on any atom is -0.484 e. The molecule has 1 heterocycles. The molecule has 0 saturated heterocycles. The number of rotatable bonds is 6. The maximum atomic E-state index is 11.8. The number of ether oxygens (including phenoxy) is 1. The molecular formula is C17H19BrN2O2. The quantitative estimate of drug-likeness (QED) is 0.829. The molecule has 1 N–H and O–H groups in total. The molecule has 116 valence electrons. The van der Waals surface area contributed by atoms with Crippen LogP contribution in [0.15, 0.2) is 47.1 Å². The highest BCUT2D eigenvalue weighted by molar-refractivity contribution is 9.10. The zero-order valence-corrected chi connectivity index (χ0v) is 14.3. The highest BCUT2D eigenvalue weighted by Crippen LogP contribution is 2.21. The number of carbonyl (C=O) groups excluding carboxylic acids is 1. The number of hydrogen-bond donors (Lipinski definition) is 1. The average Bonchev–Trinajstić information content (AvgIpc) is 2.55. The highest BCUT2D eigenvalue weighted by atomic mass is 79.9. The average molecular weight is 363 g/mol. The molecule has 0 spiro atoms. The zero-order valence-electron chi connectivity index (χ0n) is 12.7. The van der Waals surface area contributed by atoms with Crippen molar-refractivity contribution in [2.24, 2.45) is 0 Å². The summed E-state index contributed by atoms with van der Waals surface area (Å²) < 4.78 is 6.35. The van der Waals surface area contributed by atoms with E-state index < -0.39 is 0 Å². The first-order valence-electron chi connectivity index (χ1n) is 7.22. The summed E-state index contributed by atoms with van der Waals surface area (Å²) in [5, 5.41) is 2.68. The summed E-state index contributed by atoms with van der Waals surface area (Å²) in [6, 6.07) is 11.4. The van der Waals surface area contributed by atoms with Crippen LogP contribution in [0.1, 0.15) is 31.7 Å². The summed E-state index contributed by atoms with van der Waals surface area (Å²) in [7, 11) is 0. The number of pyridine rings is 1. The normalized spacial score (nSPS) is 11.8. The van der Waals surface area contributed by atoms with Gasteiger partial charge < -0.3 is 10.1 Å². The van der Waals surface area contributed by atoms with Crippen LogP contribution in [-0.4, -0.2) is 17.5 Å². The summed E-state index contributed by atoms with van der Waals surface area (Å²) in [4.78, 5) is 15.9. The second kappa shape index (κ2) is 7.94. The summed E-state index contributed by atoms with van der Waals surface area (Å²) in [5.41, 5.74) is 1.28. The second-order valence-corrected chi connectivity index (χ2v) is 5.99. The third-order valence-electron chi connectivity index (χ3n) is 3.43. The van der Waals surface area contributed by atoms with Gasteiger partial charge in [0.1, 0.15) is 11.6 Å². The Morgan fingerprint density at radius 3 is 2.59 bits per heavy atom. The van der Waals surface area contributed by atoms with E-state index >= 15 is 0 Å². The molecule has 1 atom stereocenters. The first-order chi connectivity index (χ1) is 10.6. The summed E-state index contributed by atoms with van der Waals surface area (Å²) >= 11 is 3.29. The lowest BCUT2D eigenvalue weighted by Gasteiger charge is -2.10. The third kappa shape index (κ3) is 4.84. The topological polar surface area (TPSA) is 51.2 Å². The molecule has 22 heavy (non-hydrogen) atoms. The first-order valence-corrected chi connectivity index (χ1v) is 8.02. The van der Waals surface area contributed by atoms with Crippen LogP contribution in [-0.2, 0) is 4.79 Å². The molecular weight excluding hydrogens is 344 g/mol. The molecule has 0 aliphatic heterocycles. The molecule has 0 saturated carbocycles. The molecule has 4 nitrogen and oxygen atoms in total. The number of anilines is 1. The molecule has 0 aliphatic rings. The van der Waals surface area contributed by atoms with Crippen LogP contribution in [0, 0.1) is 0 Å². The first kappa shape index (κ1) is 16.5. The van der Waals surface area contributed by atoms with Crippen LogP contribution in [0.2, 0.25) is 0 Å². The second-order valence-electron chi connectivity index (χ2n) is 5.08. The Hall–Kier alpha value is -1.88. The van der Waals surface area contributed by atoms with Gasteiger partial charge in [0.25, 0.3) is 5.91 Å². The van der Waals surface area contributed by atoms with E-state index in [-0.39, 0.29) is 12.5 Å². The number of carbonyl (C=O) groups is 1. The fraction of sp³-hybridized carbons (Fsp3) is 0.294. The predicted molar refractivity (Wildman–Crippen MR) is 91.2 cm³/mol. The number of hydrogen-bond acceptors (Lipinski definition) is 3. The number of amides is 1. The number of aromatic nitrogens is 1. The van der Waals surface area contributed by atoms with Gasteiger partial charge in [-0.05, 0) is 58.1 Å². The van der Waals surface area contributed by atoms with Gasteiger partial charge in [0, 0.05) is 10.7 Å². The Morgan fingerprint density at radius 2 is 2.00 bits per heavy atom. The Balaban J connectivity index is 1.84. The summed E-state index contributed by atoms with van der Waals surface area (Å²) in [6.45, 7) is 4.31. The van der Waals surface area contributed by atoms with Crippen molar-refractivity contribution in [3.8, 4) is 5.75 Å². The van der Waals surface area contributed by atoms with Gasteiger partial charge in [-0.15, -0.1) is 0 Å². The minimum atomic E-state index is -0.235. The largest absolute Gasteiger partial charge is 0.484 e. The third-order valence-corrected chi connectivity index (χ3v) is 3.90. The molecule has 0 radical (unpaired) electrons. The van der Waals surface area contributed by atoms with Gasteiger partial charge in [-0.2, -0.15) is 0 Å². The number of nitrogens with one attached hydrogen (secondary N) is 1. The van der Waals surface area contributed by atoms with Crippen LogP contribution < -0.4 is 10.1 Å². The molecule has 2 aromatic rings. The van der Waals surface area contributed by atoms with Crippen LogP contribution in [0.4, 0.5) is 5.82 Å². The van der Waals surface area contributed by atoms with Crippen molar-refractivity contribution < 1.29 is 9.53 Å². The van der Waals surface area contributed by atoms with E-state index in [4.69, 9.17) is 4.74 Å². The maximum Gasteiger partial charge on any atom is 0.263 e. The predicted octanol–water partition coefficient (Wildman–Crippen LogP) is 4.38. The molecule has 0 aliphatic carbocycles. The SMILES string of the molecule is CC[C@@H](C)c1ccc(OCC(=O)Nc2ccc(Br)cn2)cc1. The van der Waals surface area contributed by atoms with Crippen LogP contribution in [0.25, 0.3) is 0 Å². The molecule has 0 fully saturated rings. The monoisotopic (exact) mass is 362 g/mol. The van der Waals surface area contributed by atoms with Crippen molar-refractivity contribution in [3.63, 3.8) is 0 Å². The Kier molecular flexibility index (Phi) is 5.95. The van der Waals surface area contributed by atoms with Gasteiger partial charge in [0.2, 0.25) is 0 Å². The van der Waals surface area contributed by atoms with E-state index in [9.17, 15) is 4.79 Å². The minimum absolute atomic E-state index is 0.0412. The fourth-order valence-corrected chi connectivity index (χ4v) is 2.14. The summed E-state index contributed by atoms with van der Waals surface area (Å²) in [6.07, 6.45) is 2.73. The standard InChI is InChI=1S/C17H19BrN2O2/c1-3-12(2)13-4-7-15(8-5-13)22-11-17(21)20-16-9-6-14(18)10-19-16/h4-10,12H,3,11H2,1-2H3,(H,19,20,21)/t12-/m1/s1. The molecule has 0 bridgehead atoms. The number of benzene rings is 1. The van der Waals surface area contributed by atoms with E-state index in [2.05, 4.69) is 40.1 Å². The van der Waals surface area contributed by atoms with Crippen molar-refractivity contribution in [1.82, 2.24) is 4.98 Å². The van der Waals surface area contributed by atoms with E-state index in [0.29, 0.717) is 17.5 Å². The van der Waals surface area contributed by atoms with Gasteiger partial charge in [-0.3, -0.25) is 4.79 Å². The zero-order chi connectivity index (χ0) is 15.9. The van der Waals surface area contributed by atoms with E-state index in [1.54, 1.807) is 12.3 Å².